The number of rotatable bonds is 7. The van der Waals surface area contributed by atoms with Crippen molar-refractivity contribution in [1.82, 2.24) is 0 Å². The molecule has 0 amide bonds. The number of fused-ring (bicyclic) bond motifs is 1. The van der Waals surface area contributed by atoms with Crippen LogP contribution >= 0.6 is 23.1 Å². The van der Waals surface area contributed by atoms with Crippen molar-refractivity contribution >= 4 is 23.1 Å². The van der Waals surface area contributed by atoms with E-state index in [2.05, 4.69) is 11.4 Å². The Labute approximate surface area is 128 Å². The third-order valence-corrected chi connectivity index (χ3v) is 5.79. The van der Waals surface area contributed by atoms with Gasteiger partial charge in [0.05, 0.1) is 10.3 Å². The first kappa shape index (κ1) is 16.3. The zero-order chi connectivity index (χ0) is 14.5. The van der Waals surface area contributed by atoms with Gasteiger partial charge in [0.25, 0.3) is 0 Å². The quantitative estimate of drug-likeness (QED) is 0.781. The van der Waals surface area contributed by atoms with E-state index in [9.17, 15) is 0 Å². The van der Waals surface area contributed by atoms with Crippen LogP contribution in [0, 0.1) is 0 Å². The summed E-state index contributed by atoms with van der Waals surface area (Å²) in [5.74, 6) is 0. The average Bonchev–Trinajstić information content (AvgIpc) is 2.87. The molecule has 0 aromatic carbocycles. The van der Waals surface area contributed by atoms with Gasteiger partial charge in [-0.3, -0.25) is 0 Å². The van der Waals surface area contributed by atoms with Crippen LogP contribution in [0.5, 0.6) is 0 Å². The van der Waals surface area contributed by atoms with E-state index in [0.717, 1.165) is 12.8 Å². The third-order valence-electron chi connectivity index (χ3n) is 3.28. The summed E-state index contributed by atoms with van der Waals surface area (Å²) in [6.45, 7) is 3.96. The van der Waals surface area contributed by atoms with E-state index in [-0.39, 0.29) is 25.3 Å². The molecule has 20 heavy (non-hydrogen) atoms. The lowest BCUT2D eigenvalue weighted by Gasteiger charge is -2.31. The minimum atomic E-state index is -0.319. The first-order valence-electron chi connectivity index (χ1n) is 6.82. The number of hydrogen-bond donors (Lipinski definition) is 1. The van der Waals surface area contributed by atoms with Crippen LogP contribution in [0.2, 0.25) is 0 Å². The van der Waals surface area contributed by atoms with E-state index in [4.69, 9.17) is 19.3 Å². The van der Waals surface area contributed by atoms with Crippen LogP contribution in [0.25, 0.3) is 0 Å². The molecule has 1 aliphatic rings. The van der Waals surface area contributed by atoms with Crippen LogP contribution in [0.3, 0.4) is 0 Å². The molecule has 1 aliphatic heterocycles. The zero-order valence-corrected chi connectivity index (χ0v) is 13.7. The molecule has 0 aliphatic carbocycles. The fraction of sp³-hybridized carbons (Fsp3) is 0.714. The van der Waals surface area contributed by atoms with Crippen LogP contribution in [0.15, 0.2) is 15.7 Å². The van der Waals surface area contributed by atoms with E-state index in [0.29, 0.717) is 5.25 Å². The van der Waals surface area contributed by atoms with Crippen molar-refractivity contribution in [1.29, 1.82) is 0 Å². The summed E-state index contributed by atoms with van der Waals surface area (Å²) in [5.41, 5.74) is 1.25. The summed E-state index contributed by atoms with van der Waals surface area (Å²) in [6, 6.07) is 2.12. The predicted octanol–water partition coefficient (Wildman–Crippen LogP) is 3.41. The van der Waals surface area contributed by atoms with Crippen LogP contribution in [0.4, 0.5) is 0 Å². The molecule has 1 N–H and O–H groups in total. The smallest absolute Gasteiger partial charge is 0.158 e. The van der Waals surface area contributed by atoms with E-state index >= 15 is 0 Å². The molecule has 114 valence electrons. The van der Waals surface area contributed by atoms with Gasteiger partial charge in [0.1, 0.15) is 0 Å². The van der Waals surface area contributed by atoms with E-state index in [1.807, 2.05) is 25.6 Å². The number of hydrogen-bond acceptors (Lipinski definition) is 6. The second-order valence-electron chi connectivity index (χ2n) is 4.78. The summed E-state index contributed by atoms with van der Waals surface area (Å²) in [7, 11) is 1.61. The van der Waals surface area contributed by atoms with Crippen molar-refractivity contribution in [3.8, 4) is 0 Å². The largest absolute Gasteiger partial charge is 0.396 e. The topological polar surface area (TPSA) is 47.9 Å². The maximum atomic E-state index is 9.14. The molecule has 1 aromatic rings. The summed E-state index contributed by atoms with van der Waals surface area (Å²) in [5, 5.41) is 11.6. The van der Waals surface area contributed by atoms with Gasteiger partial charge >= 0.3 is 0 Å². The highest BCUT2D eigenvalue weighted by Crippen LogP contribution is 2.46. The Bertz CT molecular complexity index is 410. The Morgan fingerprint density at radius 3 is 2.90 bits per heavy atom. The van der Waals surface area contributed by atoms with Gasteiger partial charge in [-0.05, 0) is 38.1 Å². The number of aliphatic hydroxyl groups is 1. The molecular formula is C14H22O4S2. The molecule has 4 atom stereocenters. The maximum Gasteiger partial charge on any atom is 0.158 e. The van der Waals surface area contributed by atoms with Crippen molar-refractivity contribution in [2.45, 2.75) is 54.8 Å². The van der Waals surface area contributed by atoms with Gasteiger partial charge in [-0.15, -0.1) is 23.1 Å². The van der Waals surface area contributed by atoms with Crippen molar-refractivity contribution < 1.29 is 19.3 Å². The normalized spacial score (nSPS) is 25.2. The monoisotopic (exact) mass is 318 g/mol. The van der Waals surface area contributed by atoms with Gasteiger partial charge in [-0.2, -0.15) is 0 Å². The first-order valence-corrected chi connectivity index (χ1v) is 8.58. The lowest BCUT2D eigenvalue weighted by Crippen LogP contribution is -2.26. The standard InChI is InChI=1S/C14H22O4S2/c1-9(16-3)17-10(2)18-13-8-11(4-6-15)20-14-12(13)5-7-19-14/h5,7,9-11,13,15H,4,6,8H2,1-3H3. The average molecular weight is 318 g/mol. The van der Waals surface area contributed by atoms with E-state index in [1.165, 1.54) is 9.77 Å². The minimum absolute atomic E-state index is 0.0353. The summed E-state index contributed by atoms with van der Waals surface area (Å²) < 4.78 is 18.0. The summed E-state index contributed by atoms with van der Waals surface area (Å²) >= 11 is 3.59. The number of thiophene rings is 1. The lowest BCUT2D eigenvalue weighted by molar-refractivity contribution is -0.240. The number of aliphatic hydroxyl groups excluding tert-OH is 1. The van der Waals surface area contributed by atoms with Gasteiger partial charge in [-0.25, -0.2) is 0 Å². The van der Waals surface area contributed by atoms with Gasteiger partial charge in [0, 0.05) is 24.5 Å². The Balaban J connectivity index is 1.99. The number of thioether (sulfide) groups is 1. The SMILES string of the molecule is COC(C)OC(C)OC1CC(CCO)Sc2sccc21. The van der Waals surface area contributed by atoms with Crippen molar-refractivity contribution in [2.75, 3.05) is 13.7 Å². The highest BCUT2D eigenvalue weighted by Gasteiger charge is 2.30. The molecule has 0 radical (unpaired) electrons. The lowest BCUT2D eigenvalue weighted by atomic mass is 10.1. The highest BCUT2D eigenvalue weighted by atomic mass is 32.2. The number of ether oxygens (including phenoxy) is 3. The van der Waals surface area contributed by atoms with Crippen molar-refractivity contribution in [2.24, 2.45) is 0 Å². The second-order valence-corrected chi connectivity index (χ2v) is 7.27. The molecule has 6 heteroatoms. The molecule has 2 rings (SSSR count). The summed E-state index contributed by atoms with van der Waals surface area (Å²) in [6.07, 6.45) is 1.14. The van der Waals surface area contributed by atoms with Gasteiger partial charge in [0.2, 0.25) is 0 Å². The van der Waals surface area contributed by atoms with Crippen molar-refractivity contribution in [3.05, 3.63) is 17.0 Å². The molecule has 0 saturated carbocycles. The van der Waals surface area contributed by atoms with Gasteiger partial charge < -0.3 is 19.3 Å². The molecule has 4 unspecified atom stereocenters. The predicted molar refractivity (Wildman–Crippen MR) is 81.1 cm³/mol. The van der Waals surface area contributed by atoms with Gasteiger partial charge in [-0.1, -0.05) is 0 Å². The zero-order valence-electron chi connectivity index (χ0n) is 12.1. The summed E-state index contributed by atoms with van der Waals surface area (Å²) in [4.78, 5) is 0. The molecular weight excluding hydrogens is 296 g/mol. The second kappa shape index (κ2) is 7.77. The van der Waals surface area contributed by atoms with Crippen molar-refractivity contribution in [3.63, 3.8) is 0 Å². The molecule has 1 aromatic heterocycles. The van der Waals surface area contributed by atoms with Gasteiger partial charge in [0.15, 0.2) is 12.6 Å². The van der Waals surface area contributed by atoms with E-state index < -0.39 is 0 Å². The minimum Gasteiger partial charge on any atom is -0.396 e. The first-order chi connectivity index (χ1) is 9.63. The fourth-order valence-corrected chi connectivity index (χ4v) is 4.85. The third kappa shape index (κ3) is 4.19. The Morgan fingerprint density at radius 1 is 1.40 bits per heavy atom. The van der Waals surface area contributed by atoms with Crippen LogP contribution < -0.4 is 0 Å². The Hall–Kier alpha value is -0.110. The van der Waals surface area contributed by atoms with Crippen LogP contribution in [0.1, 0.15) is 38.4 Å². The fourth-order valence-electron chi connectivity index (χ4n) is 2.24. The molecule has 2 heterocycles. The van der Waals surface area contributed by atoms with Crippen LogP contribution in [-0.4, -0.2) is 36.7 Å². The van der Waals surface area contributed by atoms with Crippen LogP contribution in [-0.2, 0) is 14.2 Å². The molecule has 0 saturated heterocycles. The Kier molecular flexibility index (Phi) is 6.32. The maximum absolute atomic E-state index is 9.14. The number of methoxy groups -OCH3 is 1. The molecule has 0 spiro atoms. The Morgan fingerprint density at radius 2 is 2.20 bits per heavy atom. The highest BCUT2D eigenvalue weighted by molar-refractivity contribution is 8.01. The molecule has 4 nitrogen and oxygen atoms in total. The molecule has 0 fully saturated rings. The van der Waals surface area contributed by atoms with E-state index in [1.54, 1.807) is 18.4 Å². The molecule has 0 bridgehead atoms.